The predicted molar refractivity (Wildman–Crippen MR) is 148 cm³/mol. The zero-order valence-corrected chi connectivity index (χ0v) is 25.6. The number of aliphatic hydroxyl groups is 2. The van der Waals surface area contributed by atoms with Crippen molar-refractivity contribution in [2.45, 2.75) is 30.6 Å². The molecule has 244 valence electrons. The Balaban J connectivity index is 1.51. The van der Waals surface area contributed by atoms with Crippen LogP contribution in [-0.4, -0.2) is 72.5 Å². The van der Waals surface area contributed by atoms with Gasteiger partial charge in [0.2, 0.25) is 0 Å². The number of hydrogen-bond acceptors (Lipinski definition) is 15. The van der Waals surface area contributed by atoms with Crippen LogP contribution in [0.25, 0.3) is 21.9 Å². The average Bonchev–Trinajstić information content (AvgIpc) is 3.46. The van der Waals surface area contributed by atoms with Gasteiger partial charge in [0.25, 0.3) is 0 Å². The summed E-state index contributed by atoms with van der Waals surface area (Å²) in [5, 5.41) is 23.0. The summed E-state index contributed by atoms with van der Waals surface area (Å²) in [6.45, 7) is 0. The van der Waals surface area contributed by atoms with Gasteiger partial charge in [-0.05, 0) is 16.3 Å². The van der Waals surface area contributed by atoms with Crippen molar-refractivity contribution in [3.8, 4) is 0 Å². The van der Waals surface area contributed by atoms with E-state index in [0.29, 0.717) is 10.8 Å². The molecule has 0 spiro atoms. The first-order valence-corrected chi connectivity index (χ1v) is 18.2. The van der Waals surface area contributed by atoms with Crippen LogP contribution in [0.1, 0.15) is 17.9 Å². The molecule has 5 rings (SSSR count). The highest BCUT2D eigenvalue weighted by Gasteiger charge is 2.52. The number of nitrogen functional groups attached to an aromatic ring is 1. The molecule has 3 heterocycles. The normalized spacial score (nSPS) is 25.5. The molecular weight excluding hydrogens is 690 g/mol. The second-order valence-electron chi connectivity index (χ2n) is 9.29. The summed E-state index contributed by atoms with van der Waals surface area (Å²) in [5.74, 6) is -0.00654. The fraction of sp³-hybridized carbons (Fsp3) is 0.250. The number of nitrogens with zero attached hydrogens (tertiary/aromatic N) is 4. The van der Waals surface area contributed by atoms with E-state index in [1.165, 1.54) is 23.0 Å². The number of ether oxygens (including phenoxy) is 1. The molecule has 4 unspecified atom stereocenters. The van der Waals surface area contributed by atoms with Crippen LogP contribution in [0.5, 0.6) is 0 Å². The summed E-state index contributed by atoms with van der Waals surface area (Å²) >= 11 is 0. The van der Waals surface area contributed by atoms with Crippen molar-refractivity contribution in [3.05, 3.63) is 60.7 Å². The number of benzene rings is 2. The van der Waals surface area contributed by atoms with Gasteiger partial charge in [-0.25, -0.2) is 33.2 Å². The molecule has 0 aliphatic carbocycles. The molecule has 2 aromatic carbocycles. The lowest BCUT2D eigenvalue weighted by Gasteiger charge is -2.29. The predicted octanol–water partition coefficient (Wildman–Crippen LogP) is 1.38. The van der Waals surface area contributed by atoms with Crippen molar-refractivity contribution in [1.29, 1.82) is 0 Å². The quantitative estimate of drug-likeness (QED) is 0.102. The highest BCUT2D eigenvalue weighted by molar-refractivity contribution is 7.69. The fourth-order valence-electron chi connectivity index (χ4n) is 4.60. The van der Waals surface area contributed by atoms with Crippen molar-refractivity contribution in [3.63, 3.8) is 0 Å². The maximum absolute atomic E-state index is 13.1. The Hall–Kier alpha value is -2.51. The van der Waals surface area contributed by atoms with Crippen LogP contribution in [0.3, 0.4) is 0 Å². The minimum atomic E-state index is -6.17. The highest BCUT2D eigenvalue weighted by atomic mass is 31.3. The number of imidazole rings is 1. The molecule has 1 aliphatic heterocycles. The lowest BCUT2D eigenvalue weighted by molar-refractivity contribution is -0.0819. The van der Waals surface area contributed by atoms with Crippen molar-refractivity contribution < 1.29 is 75.1 Å². The lowest BCUT2D eigenvalue weighted by Crippen LogP contribution is -2.35. The van der Waals surface area contributed by atoms with E-state index in [4.69, 9.17) is 24.8 Å². The third-order valence-electron chi connectivity index (χ3n) is 6.23. The Bertz CT molecular complexity index is 1930. The summed E-state index contributed by atoms with van der Waals surface area (Å²) in [7, 11) is -23.9. The Morgan fingerprint density at radius 1 is 0.822 bits per heavy atom. The largest absolute Gasteiger partial charge is 0.490 e. The molecule has 21 nitrogen and oxygen atoms in total. The van der Waals surface area contributed by atoms with Gasteiger partial charge >= 0.3 is 31.3 Å². The summed E-state index contributed by atoms with van der Waals surface area (Å²) < 4.78 is 71.5. The lowest BCUT2D eigenvalue weighted by atomic mass is 9.94. The van der Waals surface area contributed by atoms with E-state index in [2.05, 4.69) is 27.9 Å². The standard InChI is InChI=1S/C20H23N5O16P4/c21-18-13-19(23-8-22-18)25(9-24-13)20-15(27)14(26)17(37-20)16(12-7-3-5-10-4-1-2-6-11(10)12)38-43(31,32)40-45(35,36)41-44(33,34)39-42(28,29)30/h1-9,14-17,20,26-27H,(H,31,32)(H,33,34)(H,35,36)(H2,21,22,23)(H2,28,29,30)/t14-,15+,16?,17-,20+/m0/s1. The number of aliphatic hydroxyl groups excluding tert-OH is 2. The van der Waals surface area contributed by atoms with Gasteiger partial charge in [0, 0.05) is 0 Å². The first-order valence-electron chi connectivity index (χ1n) is 12.1. The number of nitrogens with two attached hydrogens (primary N) is 1. The second-order valence-corrected chi connectivity index (χ2v) is 15.3. The van der Waals surface area contributed by atoms with Gasteiger partial charge in [0.05, 0.1) is 6.33 Å². The van der Waals surface area contributed by atoms with Crippen LogP contribution in [0, 0.1) is 0 Å². The second kappa shape index (κ2) is 12.3. The topological polar surface area (TPSA) is 326 Å². The molecule has 0 radical (unpaired) electrons. The molecule has 1 aliphatic rings. The van der Waals surface area contributed by atoms with Crippen molar-refractivity contribution >= 4 is 59.0 Å². The smallest absolute Gasteiger partial charge is 0.387 e. The Morgan fingerprint density at radius 2 is 1.47 bits per heavy atom. The Morgan fingerprint density at radius 3 is 2.18 bits per heavy atom. The van der Waals surface area contributed by atoms with Gasteiger partial charge in [-0.15, -0.1) is 0 Å². The van der Waals surface area contributed by atoms with Gasteiger partial charge in [-0.2, -0.15) is 12.9 Å². The van der Waals surface area contributed by atoms with E-state index in [9.17, 15) is 43.2 Å². The number of rotatable bonds is 11. The van der Waals surface area contributed by atoms with Gasteiger partial charge in [-0.3, -0.25) is 9.09 Å². The third-order valence-corrected chi connectivity index (χ3v) is 11.7. The summed E-state index contributed by atoms with van der Waals surface area (Å²) in [5.41, 5.74) is 6.07. The van der Waals surface area contributed by atoms with Crippen LogP contribution in [-0.2, 0) is 40.5 Å². The van der Waals surface area contributed by atoms with Crippen LogP contribution >= 0.6 is 31.3 Å². The molecule has 0 amide bonds. The molecule has 1 saturated heterocycles. The first kappa shape index (κ1) is 33.8. The maximum atomic E-state index is 13.1. The van der Waals surface area contributed by atoms with E-state index in [0.717, 1.165) is 6.33 Å². The SMILES string of the molecule is Nc1ncnc2c1ncn2[C@@H]1O[C@H](C(OP(=O)(O)OP(=O)(O)OP(=O)(O)OP(=O)(O)O)c2cccc3ccccc23)[C@@H](O)[C@H]1O. The molecule has 0 saturated carbocycles. The van der Waals surface area contributed by atoms with Crippen LogP contribution < -0.4 is 5.73 Å². The molecule has 1 fully saturated rings. The fourth-order valence-corrected chi connectivity index (χ4v) is 9.21. The molecule has 8 atom stereocenters. The van der Waals surface area contributed by atoms with Crippen LogP contribution in [0.2, 0.25) is 0 Å². The molecule has 4 aromatic rings. The molecule has 2 aromatic heterocycles. The molecule has 25 heteroatoms. The number of fused-ring (bicyclic) bond motifs is 2. The van der Waals surface area contributed by atoms with Gasteiger partial charge in [-0.1, -0.05) is 42.5 Å². The van der Waals surface area contributed by atoms with Gasteiger partial charge < -0.3 is 45.2 Å². The highest BCUT2D eigenvalue weighted by Crippen LogP contribution is 2.71. The van der Waals surface area contributed by atoms with Gasteiger partial charge in [0.15, 0.2) is 17.7 Å². The number of aromatic nitrogens is 4. The molecule has 9 N–H and O–H groups in total. The summed E-state index contributed by atoms with van der Waals surface area (Å²) in [4.78, 5) is 59.1. The molecular formula is C20H23N5O16P4. The van der Waals surface area contributed by atoms with E-state index < -0.39 is 61.9 Å². The molecule has 45 heavy (non-hydrogen) atoms. The van der Waals surface area contributed by atoms with Crippen LogP contribution in [0.4, 0.5) is 5.82 Å². The van der Waals surface area contributed by atoms with Gasteiger partial charge in [0.1, 0.15) is 36.3 Å². The van der Waals surface area contributed by atoms with Crippen molar-refractivity contribution in [2.75, 3.05) is 5.73 Å². The summed E-state index contributed by atoms with van der Waals surface area (Å²) in [6.07, 6.45) is -6.46. The number of hydrogen-bond donors (Lipinski definition) is 8. The summed E-state index contributed by atoms with van der Waals surface area (Å²) in [6, 6.07) is 11.0. The minimum Gasteiger partial charge on any atom is -0.387 e. The minimum absolute atomic E-state index is 0.00654. The maximum Gasteiger partial charge on any atom is 0.490 e. The number of phosphoric ester groups is 1. The Labute approximate surface area is 250 Å². The third kappa shape index (κ3) is 7.56. The zero-order valence-electron chi connectivity index (χ0n) is 22.0. The average molecular weight is 713 g/mol. The molecule has 0 bridgehead atoms. The van der Waals surface area contributed by atoms with E-state index in [-0.39, 0.29) is 22.5 Å². The number of phosphoric acid groups is 4. The van der Waals surface area contributed by atoms with E-state index in [1.54, 1.807) is 30.3 Å². The first-order chi connectivity index (χ1) is 20.9. The van der Waals surface area contributed by atoms with E-state index in [1.807, 2.05) is 0 Å². The zero-order chi connectivity index (χ0) is 32.9. The monoisotopic (exact) mass is 713 g/mol. The van der Waals surface area contributed by atoms with Crippen LogP contribution in [0.15, 0.2) is 55.1 Å². The number of anilines is 1. The van der Waals surface area contributed by atoms with Crippen molar-refractivity contribution in [1.82, 2.24) is 19.5 Å². The van der Waals surface area contributed by atoms with Crippen molar-refractivity contribution in [2.24, 2.45) is 0 Å². The Kier molecular flexibility index (Phi) is 9.22. The van der Waals surface area contributed by atoms with E-state index >= 15 is 0 Å².